The van der Waals surface area contributed by atoms with E-state index in [0.717, 1.165) is 0 Å². The highest BCUT2D eigenvalue weighted by Gasteiger charge is 2.28. The molecule has 0 bridgehead atoms. The number of amides is 1. The van der Waals surface area contributed by atoms with Crippen molar-refractivity contribution < 1.29 is 18.3 Å². The Hall–Kier alpha value is -0.660. The molecule has 1 rings (SSSR count). The molecule has 1 saturated heterocycles. The van der Waals surface area contributed by atoms with E-state index >= 15 is 0 Å². The summed E-state index contributed by atoms with van der Waals surface area (Å²) in [5.41, 5.74) is 0. The maximum Gasteiger partial charge on any atom is 0.234 e. The number of nitrogens with zero attached hydrogens (tertiary/aromatic N) is 1. The second-order valence-electron chi connectivity index (χ2n) is 5.04. The van der Waals surface area contributed by atoms with E-state index in [1.54, 1.807) is 14.0 Å². The standard InChI is InChI=1S/C11H22N2O4S/c1-9(14)3-5-13(2)7-11(15)12-10-4-6-18(16,17)8-10/h9-10,14H,3-8H2,1-2H3,(H,12,15). The van der Waals surface area contributed by atoms with E-state index in [2.05, 4.69) is 5.32 Å². The van der Waals surface area contributed by atoms with E-state index in [9.17, 15) is 13.2 Å². The van der Waals surface area contributed by atoms with Crippen molar-refractivity contribution in [2.24, 2.45) is 0 Å². The van der Waals surface area contributed by atoms with Crippen LogP contribution in [0.4, 0.5) is 0 Å². The summed E-state index contributed by atoms with van der Waals surface area (Å²) in [6.07, 6.45) is 0.739. The molecule has 1 aliphatic rings. The van der Waals surface area contributed by atoms with Crippen molar-refractivity contribution in [2.45, 2.75) is 31.9 Å². The van der Waals surface area contributed by atoms with Gasteiger partial charge in [0.05, 0.1) is 24.2 Å². The fraction of sp³-hybridized carbons (Fsp3) is 0.909. The number of hydrogen-bond acceptors (Lipinski definition) is 5. The quantitative estimate of drug-likeness (QED) is 0.650. The molecule has 0 aromatic rings. The zero-order valence-electron chi connectivity index (χ0n) is 10.9. The predicted molar refractivity (Wildman–Crippen MR) is 69.0 cm³/mol. The van der Waals surface area contributed by atoms with E-state index < -0.39 is 9.84 Å². The first-order valence-electron chi connectivity index (χ1n) is 6.15. The summed E-state index contributed by atoms with van der Waals surface area (Å²) in [7, 11) is -1.15. The second kappa shape index (κ2) is 6.49. The molecule has 0 aromatic carbocycles. The number of likely N-dealkylation sites (N-methyl/N-ethyl adjacent to an activating group) is 1. The fourth-order valence-corrected chi connectivity index (χ4v) is 3.59. The summed E-state index contributed by atoms with van der Waals surface area (Å²) >= 11 is 0. The monoisotopic (exact) mass is 278 g/mol. The molecule has 0 spiro atoms. The van der Waals surface area contributed by atoms with Crippen LogP contribution in [0.2, 0.25) is 0 Å². The van der Waals surface area contributed by atoms with Gasteiger partial charge in [-0.05, 0) is 26.8 Å². The highest BCUT2D eigenvalue weighted by atomic mass is 32.2. The number of aliphatic hydroxyl groups excluding tert-OH is 1. The molecule has 2 N–H and O–H groups in total. The number of rotatable bonds is 6. The Kier molecular flexibility index (Phi) is 5.55. The van der Waals surface area contributed by atoms with Crippen LogP contribution in [0, 0.1) is 0 Å². The van der Waals surface area contributed by atoms with Gasteiger partial charge in [-0.1, -0.05) is 0 Å². The van der Waals surface area contributed by atoms with Crippen molar-refractivity contribution in [3.63, 3.8) is 0 Å². The zero-order chi connectivity index (χ0) is 13.8. The predicted octanol–water partition coefficient (Wildman–Crippen LogP) is -1.01. The van der Waals surface area contributed by atoms with E-state index in [4.69, 9.17) is 5.11 Å². The van der Waals surface area contributed by atoms with Crippen molar-refractivity contribution in [2.75, 3.05) is 31.6 Å². The van der Waals surface area contributed by atoms with Gasteiger partial charge < -0.3 is 10.4 Å². The minimum absolute atomic E-state index is 0.0517. The molecule has 0 aliphatic carbocycles. The van der Waals surface area contributed by atoms with Gasteiger partial charge in [0.25, 0.3) is 0 Å². The highest BCUT2D eigenvalue weighted by molar-refractivity contribution is 7.91. The molecule has 6 nitrogen and oxygen atoms in total. The topological polar surface area (TPSA) is 86.7 Å². The normalized spacial score (nSPS) is 24.1. The first-order chi connectivity index (χ1) is 8.28. The van der Waals surface area contributed by atoms with Crippen LogP contribution in [0.25, 0.3) is 0 Å². The van der Waals surface area contributed by atoms with Crippen LogP contribution in [0.1, 0.15) is 19.8 Å². The van der Waals surface area contributed by atoms with Gasteiger partial charge in [0.2, 0.25) is 5.91 Å². The van der Waals surface area contributed by atoms with Crippen molar-refractivity contribution in [3.8, 4) is 0 Å². The van der Waals surface area contributed by atoms with Gasteiger partial charge in [-0.25, -0.2) is 8.42 Å². The molecule has 7 heteroatoms. The summed E-state index contributed by atoms with van der Waals surface area (Å²) in [5.74, 6) is 0.0524. The van der Waals surface area contributed by atoms with E-state index in [1.165, 1.54) is 0 Å². The molecular formula is C11H22N2O4S. The maximum atomic E-state index is 11.7. The lowest BCUT2D eigenvalue weighted by atomic mass is 10.2. The van der Waals surface area contributed by atoms with Gasteiger partial charge in [0.15, 0.2) is 9.84 Å². The van der Waals surface area contributed by atoms with Crippen molar-refractivity contribution in [3.05, 3.63) is 0 Å². The summed E-state index contributed by atoms with van der Waals surface area (Å²) in [6.45, 7) is 2.56. The largest absolute Gasteiger partial charge is 0.393 e. The molecule has 0 aromatic heterocycles. The third-order valence-electron chi connectivity index (χ3n) is 2.94. The molecular weight excluding hydrogens is 256 g/mol. The third kappa shape index (κ3) is 5.79. The Labute approximate surface area is 108 Å². The number of hydrogen-bond donors (Lipinski definition) is 2. The molecule has 1 fully saturated rings. The van der Waals surface area contributed by atoms with Crippen LogP contribution in [0.5, 0.6) is 0 Å². The van der Waals surface area contributed by atoms with Gasteiger partial charge in [-0.15, -0.1) is 0 Å². The fourth-order valence-electron chi connectivity index (χ4n) is 1.91. The molecule has 0 radical (unpaired) electrons. The average molecular weight is 278 g/mol. The minimum Gasteiger partial charge on any atom is -0.393 e. The number of carbonyl (C=O) groups excluding carboxylic acids is 1. The average Bonchev–Trinajstić information content (AvgIpc) is 2.54. The van der Waals surface area contributed by atoms with Crippen LogP contribution in [0.15, 0.2) is 0 Å². The number of nitrogens with one attached hydrogen (secondary N) is 1. The maximum absolute atomic E-state index is 11.7. The van der Waals surface area contributed by atoms with Crippen LogP contribution in [-0.2, 0) is 14.6 Å². The Morgan fingerprint density at radius 3 is 2.72 bits per heavy atom. The zero-order valence-corrected chi connectivity index (χ0v) is 11.7. The molecule has 0 saturated carbocycles. The third-order valence-corrected chi connectivity index (χ3v) is 4.71. The molecule has 1 amide bonds. The van der Waals surface area contributed by atoms with Crippen LogP contribution < -0.4 is 5.32 Å². The minimum atomic E-state index is -2.95. The summed E-state index contributed by atoms with van der Waals surface area (Å²) in [4.78, 5) is 13.5. The molecule has 2 unspecified atom stereocenters. The number of sulfone groups is 1. The van der Waals surface area contributed by atoms with Gasteiger partial charge in [0.1, 0.15) is 0 Å². The summed E-state index contributed by atoms with van der Waals surface area (Å²) in [5, 5.41) is 11.9. The van der Waals surface area contributed by atoms with Crippen LogP contribution in [0.3, 0.4) is 0 Å². The smallest absolute Gasteiger partial charge is 0.234 e. The summed E-state index contributed by atoms with van der Waals surface area (Å²) < 4.78 is 22.5. The molecule has 106 valence electrons. The van der Waals surface area contributed by atoms with Crippen molar-refractivity contribution >= 4 is 15.7 Å². The lowest BCUT2D eigenvalue weighted by Crippen LogP contribution is -2.42. The van der Waals surface area contributed by atoms with E-state index in [0.29, 0.717) is 19.4 Å². The molecule has 2 atom stereocenters. The molecule has 18 heavy (non-hydrogen) atoms. The lowest BCUT2D eigenvalue weighted by molar-refractivity contribution is -0.122. The van der Waals surface area contributed by atoms with Gasteiger partial charge in [-0.2, -0.15) is 0 Å². The number of carbonyl (C=O) groups is 1. The van der Waals surface area contributed by atoms with E-state index in [1.807, 2.05) is 4.90 Å². The first-order valence-corrected chi connectivity index (χ1v) is 7.97. The van der Waals surface area contributed by atoms with Crippen LogP contribution >= 0.6 is 0 Å². The van der Waals surface area contributed by atoms with Crippen molar-refractivity contribution in [1.29, 1.82) is 0 Å². The van der Waals surface area contributed by atoms with Crippen LogP contribution in [-0.4, -0.2) is 68.1 Å². The van der Waals surface area contributed by atoms with Crippen molar-refractivity contribution in [1.82, 2.24) is 10.2 Å². The highest BCUT2D eigenvalue weighted by Crippen LogP contribution is 2.10. The van der Waals surface area contributed by atoms with E-state index in [-0.39, 0.29) is 36.1 Å². The van der Waals surface area contributed by atoms with Gasteiger partial charge >= 0.3 is 0 Å². The molecule has 1 aliphatic heterocycles. The second-order valence-corrected chi connectivity index (χ2v) is 7.27. The number of aliphatic hydroxyl groups is 1. The summed E-state index contributed by atoms with van der Waals surface area (Å²) in [6, 6.07) is -0.243. The Morgan fingerprint density at radius 2 is 2.22 bits per heavy atom. The molecule has 1 heterocycles. The lowest BCUT2D eigenvalue weighted by Gasteiger charge is -2.18. The van der Waals surface area contributed by atoms with Gasteiger partial charge in [-0.3, -0.25) is 9.69 Å². The van der Waals surface area contributed by atoms with Gasteiger partial charge in [0, 0.05) is 12.6 Å². The Balaban J connectivity index is 2.25. The SMILES string of the molecule is CC(O)CCN(C)CC(=O)NC1CCS(=O)(=O)C1. The Bertz CT molecular complexity index is 381. The Morgan fingerprint density at radius 1 is 1.56 bits per heavy atom. The first kappa shape index (κ1) is 15.4.